The van der Waals surface area contributed by atoms with E-state index in [1.54, 1.807) is 12.1 Å². The molecule has 0 fully saturated rings. The highest BCUT2D eigenvalue weighted by atomic mass is 16.6. The molecule has 192 valence electrons. The minimum absolute atomic E-state index is 0.0445. The van der Waals surface area contributed by atoms with Crippen LogP contribution in [0.25, 0.3) is 0 Å². The summed E-state index contributed by atoms with van der Waals surface area (Å²) in [6.07, 6.45) is 0.313. The lowest BCUT2D eigenvalue weighted by Crippen LogP contribution is -2.27. The van der Waals surface area contributed by atoms with E-state index in [1.807, 2.05) is 0 Å². The number of carbonyl (C=O) groups excluding carboxylic acids is 2. The summed E-state index contributed by atoms with van der Waals surface area (Å²) in [6, 6.07) is 5.92. The molecule has 0 heterocycles. The number of hydrogen-bond acceptors (Lipinski definition) is 10. The van der Waals surface area contributed by atoms with Gasteiger partial charge >= 0.3 is 11.9 Å². The molecule has 2 unspecified atom stereocenters. The monoisotopic (exact) mass is 492 g/mol. The lowest BCUT2D eigenvalue weighted by atomic mass is 9.98. The van der Waals surface area contributed by atoms with Crippen LogP contribution in [0, 0.1) is 0 Å². The van der Waals surface area contributed by atoms with E-state index in [1.165, 1.54) is 40.2 Å². The molecule has 0 amide bonds. The van der Waals surface area contributed by atoms with Crippen molar-refractivity contribution in [1.82, 2.24) is 0 Å². The van der Waals surface area contributed by atoms with Crippen LogP contribution in [-0.4, -0.2) is 58.8 Å². The maximum atomic E-state index is 11.7. The number of methoxy groups -OCH3 is 2. The van der Waals surface area contributed by atoms with Crippen LogP contribution < -0.4 is 9.47 Å². The van der Waals surface area contributed by atoms with Crippen LogP contribution in [0.3, 0.4) is 0 Å². The van der Waals surface area contributed by atoms with Crippen molar-refractivity contribution in [3.05, 3.63) is 35.4 Å². The van der Waals surface area contributed by atoms with Crippen molar-refractivity contribution >= 4 is 11.9 Å². The van der Waals surface area contributed by atoms with Crippen LogP contribution >= 0.6 is 0 Å². The lowest BCUT2D eigenvalue weighted by molar-refractivity contribution is -0.153. The van der Waals surface area contributed by atoms with Gasteiger partial charge in [-0.1, -0.05) is 6.07 Å². The number of phenols is 4. The number of rotatable bonds is 12. The Morgan fingerprint density at radius 2 is 1.40 bits per heavy atom. The Labute approximate surface area is 203 Å². The van der Waals surface area contributed by atoms with Crippen molar-refractivity contribution in [3.63, 3.8) is 0 Å². The highest BCUT2D eigenvalue weighted by Crippen LogP contribution is 2.39. The zero-order valence-electron chi connectivity index (χ0n) is 20.2. The second-order valence-electron chi connectivity index (χ2n) is 8.07. The second kappa shape index (κ2) is 12.6. The van der Waals surface area contributed by atoms with E-state index in [4.69, 9.17) is 18.9 Å². The molecule has 2 rings (SSSR count). The average Bonchev–Trinajstić information content (AvgIpc) is 2.78. The maximum Gasteiger partial charge on any atom is 0.302 e. The van der Waals surface area contributed by atoms with Gasteiger partial charge in [0, 0.05) is 20.3 Å². The molecule has 0 bridgehead atoms. The fourth-order valence-electron chi connectivity index (χ4n) is 3.81. The van der Waals surface area contributed by atoms with E-state index in [-0.39, 0.29) is 40.9 Å². The van der Waals surface area contributed by atoms with Crippen LogP contribution in [0.15, 0.2) is 24.3 Å². The zero-order chi connectivity index (χ0) is 26.1. The topological polar surface area (TPSA) is 152 Å². The maximum absolute atomic E-state index is 11.7. The van der Waals surface area contributed by atoms with Crippen LogP contribution in [0.5, 0.6) is 34.5 Å². The van der Waals surface area contributed by atoms with Crippen molar-refractivity contribution < 1.29 is 49.0 Å². The molecule has 10 nitrogen and oxygen atoms in total. The van der Waals surface area contributed by atoms with Gasteiger partial charge in [0.1, 0.15) is 12.2 Å². The van der Waals surface area contributed by atoms with Crippen molar-refractivity contribution in [1.29, 1.82) is 0 Å². The highest BCUT2D eigenvalue weighted by Gasteiger charge is 2.23. The summed E-state index contributed by atoms with van der Waals surface area (Å²) >= 11 is 0. The first-order chi connectivity index (χ1) is 16.5. The summed E-state index contributed by atoms with van der Waals surface area (Å²) in [5, 5.41) is 39.9. The van der Waals surface area contributed by atoms with Gasteiger partial charge in [-0.3, -0.25) is 9.59 Å². The predicted molar refractivity (Wildman–Crippen MR) is 125 cm³/mol. The molecule has 0 spiro atoms. The summed E-state index contributed by atoms with van der Waals surface area (Å²) in [6.45, 7) is 2.56. The number of esters is 2. The quantitative estimate of drug-likeness (QED) is 0.256. The Hall–Kier alpha value is -3.82. The predicted octanol–water partition coefficient (Wildman–Crippen LogP) is 3.35. The molecule has 35 heavy (non-hydrogen) atoms. The smallest absolute Gasteiger partial charge is 0.302 e. The summed E-state index contributed by atoms with van der Waals surface area (Å²) < 4.78 is 21.0. The molecular formula is C25H32O10. The molecule has 0 saturated heterocycles. The summed E-state index contributed by atoms with van der Waals surface area (Å²) in [5.41, 5.74) is 1.15. The average molecular weight is 493 g/mol. The Morgan fingerprint density at radius 1 is 0.800 bits per heavy atom. The molecule has 4 N–H and O–H groups in total. The highest BCUT2D eigenvalue weighted by molar-refractivity contribution is 5.66. The lowest BCUT2D eigenvalue weighted by Gasteiger charge is -2.24. The molecule has 0 aromatic heterocycles. The van der Waals surface area contributed by atoms with Crippen LogP contribution in [-0.2, 0) is 31.9 Å². The molecule has 0 aliphatic carbocycles. The standard InChI is InChI=1S/C25H32O10/c1-14(26)34-18(8-5-16-11-21(29)24(31)22(12-16)32-3)13-19(35-15(2)27)9-6-17-7-10-20(28)25(33-4)23(17)30/h7,10-12,18-19,28-31H,5-6,8-9,13H2,1-4H3. The minimum atomic E-state index is -0.626. The molecule has 2 aromatic rings. The van der Waals surface area contributed by atoms with Gasteiger partial charge in [0.15, 0.2) is 23.0 Å². The van der Waals surface area contributed by atoms with E-state index in [2.05, 4.69) is 0 Å². The fourth-order valence-corrected chi connectivity index (χ4v) is 3.81. The molecule has 2 aromatic carbocycles. The van der Waals surface area contributed by atoms with E-state index in [9.17, 15) is 30.0 Å². The van der Waals surface area contributed by atoms with Crippen molar-refractivity contribution in [3.8, 4) is 34.5 Å². The summed E-state index contributed by atoms with van der Waals surface area (Å²) in [5.74, 6) is -2.02. The second-order valence-corrected chi connectivity index (χ2v) is 8.07. The first kappa shape index (κ1) is 27.4. The van der Waals surface area contributed by atoms with E-state index >= 15 is 0 Å². The van der Waals surface area contributed by atoms with Crippen LogP contribution in [0.4, 0.5) is 0 Å². The van der Waals surface area contributed by atoms with Crippen molar-refractivity contribution in [2.75, 3.05) is 14.2 Å². The molecule has 2 atom stereocenters. The number of carbonyl (C=O) groups is 2. The van der Waals surface area contributed by atoms with Crippen molar-refractivity contribution in [2.45, 2.75) is 58.2 Å². The van der Waals surface area contributed by atoms with Gasteiger partial charge in [0.25, 0.3) is 0 Å². The molecule has 0 radical (unpaired) electrons. The van der Waals surface area contributed by atoms with Gasteiger partial charge in [0.05, 0.1) is 14.2 Å². The number of aryl methyl sites for hydroxylation is 2. The molecular weight excluding hydrogens is 460 g/mol. The molecule has 0 saturated carbocycles. The van der Waals surface area contributed by atoms with E-state index in [0.717, 1.165) is 0 Å². The van der Waals surface area contributed by atoms with Gasteiger partial charge in [-0.15, -0.1) is 0 Å². The minimum Gasteiger partial charge on any atom is -0.504 e. The molecule has 0 aliphatic rings. The third kappa shape index (κ3) is 7.87. The molecule has 0 aliphatic heterocycles. The van der Waals surface area contributed by atoms with Crippen molar-refractivity contribution in [2.24, 2.45) is 0 Å². The normalized spacial score (nSPS) is 12.5. The van der Waals surface area contributed by atoms with Crippen LogP contribution in [0.1, 0.15) is 44.2 Å². The number of benzene rings is 2. The zero-order valence-corrected chi connectivity index (χ0v) is 20.2. The number of phenolic OH excluding ortho intramolecular Hbond substituents is 4. The SMILES string of the molecule is COc1cc(CCC(CC(CCc2ccc(O)c(OC)c2O)OC(C)=O)OC(C)=O)cc(O)c1O. The first-order valence-corrected chi connectivity index (χ1v) is 11.1. The fraction of sp³-hybridized carbons (Fsp3) is 0.440. The Bertz CT molecular complexity index is 1030. The summed E-state index contributed by atoms with van der Waals surface area (Å²) in [4.78, 5) is 23.4. The third-order valence-electron chi connectivity index (χ3n) is 5.41. The van der Waals surface area contributed by atoms with Gasteiger partial charge in [-0.05, 0) is 55.0 Å². The third-order valence-corrected chi connectivity index (χ3v) is 5.41. The van der Waals surface area contributed by atoms with Gasteiger partial charge in [-0.25, -0.2) is 0 Å². The number of ether oxygens (including phenoxy) is 4. The van der Waals surface area contributed by atoms with Gasteiger partial charge < -0.3 is 39.4 Å². The van der Waals surface area contributed by atoms with Gasteiger partial charge in [-0.2, -0.15) is 0 Å². The number of hydrogen-bond donors (Lipinski definition) is 4. The first-order valence-electron chi connectivity index (χ1n) is 11.1. The summed E-state index contributed by atoms with van der Waals surface area (Å²) in [7, 11) is 2.69. The van der Waals surface area contributed by atoms with Gasteiger partial charge in [0.2, 0.25) is 11.5 Å². The number of aromatic hydroxyl groups is 4. The Kier molecular flexibility index (Phi) is 9.86. The molecule has 10 heteroatoms. The van der Waals surface area contributed by atoms with Crippen LogP contribution in [0.2, 0.25) is 0 Å². The van der Waals surface area contributed by atoms with E-state index in [0.29, 0.717) is 36.8 Å². The Morgan fingerprint density at radius 3 is 1.94 bits per heavy atom. The van der Waals surface area contributed by atoms with E-state index < -0.39 is 24.1 Å². The largest absolute Gasteiger partial charge is 0.504 e. The Balaban J connectivity index is 2.14.